The fraction of sp³-hybridized carbons (Fsp3) is 0.615. The van der Waals surface area contributed by atoms with Crippen molar-refractivity contribution in [2.75, 3.05) is 13.2 Å². The number of hydrogen-bond donors (Lipinski definition) is 0. The van der Waals surface area contributed by atoms with Crippen LogP contribution in [0.4, 0.5) is 0 Å². The van der Waals surface area contributed by atoms with Gasteiger partial charge >= 0.3 is 17.9 Å². The van der Waals surface area contributed by atoms with E-state index in [2.05, 4.69) is 142 Å². The summed E-state index contributed by atoms with van der Waals surface area (Å²) in [5.41, 5.74) is 0. The summed E-state index contributed by atoms with van der Waals surface area (Å²) in [5.74, 6) is -1.07. The second kappa shape index (κ2) is 58.1. The lowest BCUT2D eigenvalue weighted by molar-refractivity contribution is -0.166. The van der Waals surface area contributed by atoms with Crippen LogP contribution in [0.25, 0.3) is 0 Å². The highest BCUT2D eigenvalue weighted by molar-refractivity contribution is 5.72. The minimum Gasteiger partial charge on any atom is -0.462 e. The summed E-state index contributed by atoms with van der Waals surface area (Å²) in [7, 11) is 0. The molecule has 0 aliphatic heterocycles. The zero-order valence-corrected chi connectivity index (χ0v) is 45.7. The fourth-order valence-corrected chi connectivity index (χ4v) is 7.41. The fourth-order valence-electron chi connectivity index (χ4n) is 7.41. The summed E-state index contributed by atoms with van der Waals surface area (Å²) in [5, 5.41) is 0. The first-order valence-corrected chi connectivity index (χ1v) is 28.7. The van der Waals surface area contributed by atoms with Crippen molar-refractivity contribution in [1.82, 2.24) is 0 Å². The molecule has 400 valence electrons. The molecule has 0 aliphatic rings. The number of carbonyl (C=O) groups is 3. The monoisotopic (exact) mass is 981 g/mol. The van der Waals surface area contributed by atoms with Gasteiger partial charge in [0.05, 0.1) is 6.42 Å². The first-order chi connectivity index (χ1) is 35.0. The van der Waals surface area contributed by atoms with E-state index in [0.29, 0.717) is 19.3 Å². The zero-order valence-electron chi connectivity index (χ0n) is 45.7. The van der Waals surface area contributed by atoms with Gasteiger partial charge in [-0.1, -0.05) is 244 Å². The molecular formula is C65H104O6. The molecule has 0 bridgehead atoms. The molecule has 0 rings (SSSR count). The van der Waals surface area contributed by atoms with Crippen LogP contribution in [0, 0.1) is 0 Å². The number of unbranched alkanes of at least 4 members (excludes halogenated alkanes) is 18. The maximum absolute atomic E-state index is 12.8. The van der Waals surface area contributed by atoms with E-state index in [4.69, 9.17) is 14.2 Å². The van der Waals surface area contributed by atoms with E-state index in [9.17, 15) is 14.4 Å². The van der Waals surface area contributed by atoms with Crippen molar-refractivity contribution in [3.8, 4) is 0 Å². The number of esters is 3. The van der Waals surface area contributed by atoms with E-state index < -0.39 is 12.1 Å². The normalized spacial score (nSPS) is 13.1. The molecule has 0 N–H and O–H groups in total. The first-order valence-electron chi connectivity index (χ1n) is 28.7. The van der Waals surface area contributed by atoms with E-state index in [1.807, 2.05) is 6.08 Å². The SMILES string of the molecule is CC/C=C\C/C=C\C/C=C\C/C=C\C/C=C\CCCCCCCCCCCCCC(=O)OCC(COC(=O)CCCCCCC/C=C\CCCC)OC(=O)C/C=C\C/C=C\C/C=C\C/C=C\C/C=C\CC. The summed E-state index contributed by atoms with van der Waals surface area (Å²) >= 11 is 0. The molecule has 0 amide bonds. The van der Waals surface area contributed by atoms with Crippen LogP contribution in [0.3, 0.4) is 0 Å². The van der Waals surface area contributed by atoms with E-state index >= 15 is 0 Å². The van der Waals surface area contributed by atoms with Crippen LogP contribution in [0.5, 0.6) is 0 Å². The second-order valence-electron chi connectivity index (χ2n) is 18.4. The van der Waals surface area contributed by atoms with Crippen LogP contribution >= 0.6 is 0 Å². The Hall–Kier alpha value is -4.45. The predicted octanol–water partition coefficient (Wildman–Crippen LogP) is 19.4. The van der Waals surface area contributed by atoms with Crippen molar-refractivity contribution in [2.45, 2.75) is 245 Å². The standard InChI is InChI=1S/C65H104O6/c1-4-7-10-13-16-19-22-24-26-27-28-29-30-31-32-33-34-35-36-37-39-40-43-46-49-52-55-58-64(67)70-61-62(60-69-63(66)57-54-51-48-45-42-21-18-15-12-9-6-3)71-65(68)59-56-53-50-47-44-41-38-25-23-20-17-14-11-8-5-2/h7-8,10-11,15-20,24-26,28-29,31-32,38,44,47,53,56,62H,4-6,9,12-14,21-23,27,30,33-37,39-43,45-46,48-52,54-55,57-61H2,1-3H3/b10-7-,11-8-,18-15-,19-16-,20-17-,26-24-,29-28-,32-31-,38-25-,47-44-,56-53-. The van der Waals surface area contributed by atoms with E-state index in [0.717, 1.165) is 109 Å². The Labute approximate surface area is 436 Å². The van der Waals surface area contributed by atoms with Crippen molar-refractivity contribution in [3.05, 3.63) is 134 Å². The smallest absolute Gasteiger partial charge is 0.310 e. The number of hydrogen-bond acceptors (Lipinski definition) is 6. The van der Waals surface area contributed by atoms with E-state index in [1.165, 1.54) is 83.5 Å². The maximum Gasteiger partial charge on any atom is 0.310 e. The van der Waals surface area contributed by atoms with Gasteiger partial charge in [-0.05, 0) is 109 Å². The van der Waals surface area contributed by atoms with Gasteiger partial charge in [0.25, 0.3) is 0 Å². The van der Waals surface area contributed by atoms with Gasteiger partial charge in [-0.15, -0.1) is 0 Å². The summed E-state index contributed by atoms with van der Waals surface area (Å²) in [6, 6.07) is 0. The molecule has 0 heterocycles. The van der Waals surface area contributed by atoms with Crippen LogP contribution in [0.2, 0.25) is 0 Å². The van der Waals surface area contributed by atoms with E-state index in [1.54, 1.807) is 6.08 Å². The highest BCUT2D eigenvalue weighted by atomic mass is 16.6. The predicted molar refractivity (Wildman–Crippen MR) is 306 cm³/mol. The average Bonchev–Trinajstić information content (AvgIpc) is 3.37. The molecule has 0 aromatic carbocycles. The minimum absolute atomic E-state index is 0.0902. The zero-order chi connectivity index (χ0) is 51.4. The van der Waals surface area contributed by atoms with Gasteiger partial charge in [0, 0.05) is 12.8 Å². The number of ether oxygens (including phenoxy) is 3. The maximum atomic E-state index is 12.8. The molecular weight excluding hydrogens is 877 g/mol. The lowest BCUT2D eigenvalue weighted by Gasteiger charge is -2.18. The molecule has 1 atom stereocenters. The average molecular weight is 982 g/mol. The van der Waals surface area contributed by atoms with Crippen LogP contribution in [-0.4, -0.2) is 37.2 Å². The largest absolute Gasteiger partial charge is 0.462 e. The molecule has 0 aromatic heterocycles. The molecule has 0 saturated heterocycles. The highest BCUT2D eigenvalue weighted by Crippen LogP contribution is 2.14. The van der Waals surface area contributed by atoms with Gasteiger partial charge in [-0.3, -0.25) is 14.4 Å². The van der Waals surface area contributed by atoms with Crippen molar-refractivity contribution in [3.63, 3.8) is 0 Å². The molecule has 71 heavy (non-hydrogen) atoms. The summed E-state index contributed by atoms with van der Waals surface area (Å²) < 4.78 is 16.7. The van der Waals surface area contributed by atoms with Gasteiger partial charge in [0.2, 0.25) is 0 Å². The molecule has 0 aliphatic carbocycles. The molecule has 0 fully saturated rings. The second-order valence-corrected chi connectivity index (χ2v) is 18.4. The van der Waals surface area contributed by atoms with Crippen molar-refractivity contribution in [2.24, 2.45) is 0 Å². The lowest BCUT2D eigenvalue weighted by atomic mass is 10.0. The minimum atomic E-state index is -0.840. The third-order valence-corrected chi connectivity index (χ3v) is 11.7. The number of carbonyl (C=O) groups excluding carboxylic acids is 3. The van der Waals surface area contributed by atoms with Crippen molar-refractivity contribution < 1.29 is 28.6 Å². The summed E-state index contributed by atoms with van der Waals surface area (Å²) in [4.78, 5) is 38.0. The molecule has 0 aromatic rings. The van der Waals surface area contributed by atoms with Crippen LogP contribution in [-0.2, 0) is 28.6 Å². The third kappa shape index (κ3) is 56.3. The Morgan fingerprint density at radius 1 is 0.310 bits per heavy atom. The Morgan fingerprint density at radius 2 is 0.592 bits per heavy atom. The molecule has 0 spiro atoms. The Kier molecular flexibility index (Phi) is 54.5. The quantitative estimate of drug-likeness (QED) is 0.0262. The highest BCUT2D eigenvalue weighted by Gasteiger charge is 2.19. The van der Waals surface area contributed by atoms with E-state index in [-0.39, 0.29) is 31.6 Å². The topological polar surface area (TPSA) is 78.9 Å². The summed E-state index contributed by atoms with van der Waals surface area (Å²) in [6.07, 6.45) is 81.9. The van der Waals surface area contributed by atoms with Gasteiger partial charge in [0.15, 0.2) is 6.10 Å². The van der Waals surface area contributed by atoms with Gasteiger partial charge in [0.1, 0.15) is 13.2 Å². The Bertz CT molecular complexity index is 1550. The van der Waals surface area contributed by atoms with Gasteiger partial charge < -0.3 is 14.2 Å². The molecule has 0 radical (unpaired) electrons. The number of allylic oxidation sites excluding steroid dienone is 21. The van der Waals surface area contributed by atoms with Crippen molar-refractivity contribution >= 4 is 17.9 Å². The summed E-state index contributed by atoms with van der Waals surface area (Å²) in [6.45, 7) is 6.27. The molecule has 1 unspecified atom stereocenters. The van der Waals surface area contributed by atoms with Gasteiger partial charge in [-0.2, -0.15) is 0 Å². The van der Waals surface area contributed by atoms with Crippen LogP contribution in [0.1, 0.15) is 239 Å². The van der Waals surface area contributed by atoms with Crippen LogP contribution in [0.15, 0.2) is 134 Å². The van der Waals surface area contributed by atoms with Gasteiger partial charge in [-0.25, -0.2) is 0 Å². The number of rotatable bonds is 50. The Morgan fingerprint density at radius 3 is 0.944 bits per heavy atom. The third-order valence-electron chi connectivity index (χ3n) is 11.7. The Balaban J connectivity index is 4.35. The lowest BCUT2D eigenvalue weighted by Crippen LogP contribution is -2.30. The molecule has 0 saturated carbocycles. The molecule has 6 nitrogen and oxygen atoms in total. The van der Waals surface area contributed by atoms with Crippen LogP contribution < -0.4 is 0 Å². The first kappa shape index (κ1) is 66.6. The van der Waals surface area contributed by atoms with Crippen molar-refractivity contribution in [1.29, 1.82) is 0 Å². The molecule has 6 heteroatoms.